The van der Waals surface area contributed by atoms with Crippen molar-refractivity contribution in [1.82, 2.24) is 4.90 Å². The first-order valence-corrected chi connectivity index (χ1v) is 4.90. The highest BCUT2D eigenvalue weighted by molar-refractivity contribution is 5.94. The Morgan fingerprint density at radius 1 is 1.29 bits per heavy atom. The van der Waals surface area contributed by atoms with E-state index in [1.165, 1.54) is 11.9 Å². The van der Waals surface area contributed by atoms with Crippen LogP contribution in [0.2, 0.25) is 0 Å². The van der Waals surface area contributed by atoms with Crippen LogP contribution in [0, 0.1) is 0 Å². The molecule has 0 radical (unpaired) electrons. The number of benzene rings is 1. The van der Waals surface area contributed by atoms with Gasteiger partial charge in [-0.3, -0.25) is 4.79 Å². The Labute approximate surface area is 96.5 Å². The Balaban J connectivity index is 2.84. The van der Waals surface area contributed by atoms with Gasteiger partial charge in [-0.25, -0.2) is 0 Å². The minimum absolute atomic E-state index is 0.139. The summed E-state index contributed by atoms with van der Waals surface area (Å²) in [4.78, 5) is 12.9. The fraction of sp³-hybridized carbons (Fsp3) is 0.364. The molecule has 0 unspecified atom stereocenters. The lowest BCUT2D eigenvalue weighted by Crippen LogP contribution is -2.29. The van der Waals surface area contributed by atoms with E-state index in [-0.39, 0.29) is 18.7 Å². The number of hydrogen-bond donors (Lipinski definition) is 1. The highest BCUT2D eigenvalue weighted by atomic mass is 19.4. The number of halogens is 3. The number of alkyl halides is 3. The van der Waals surface area contributed by atoms with E-state index in [1.807, 2.05) is 0 Å². The highest BCUT2D eigenvalue weighted by Crippen LogP contribution is 2.29. The first-order chi connectivity index (χ1) is 7.86. The van der Waals surface area contributed by atoms with Crippen LogP contribution in [0.1, 0.15) is 15.9 Å². The van der Waals surface area contributed by atoms with Crippen LogP contribution in [0.5, 0.6) is 0 Å². The highest BCUT2D eigenvalue weighted by Gasteiger charge is 2.30. The number of rotatable bonds is 3. The summed E-state index contributed by atoms with van der Waals surface area (Å²) < 4.78 is 36.8. The molecule has 0 aliphatic rings. The molecule has 1 aromatic carbocycles. The lowest BCUT2D eigenvalue weighted by atomic mass is 10.1. The van der Waals surface area contributed by atoms with E-state index in [4.69, 9.17) is 5.11 Å². The smallest absolute Gasteiger partial charge is 0.395 e. The Bertz CT molecular complexity index is 387. The van der Waals surface area contributed by atoms with Gasteiger partial charge in [-0.1, -0.05) is 0 Å². The predicted molar refractivity (Wildman–Crippen MR) is 55.5 cm³/mol. The molecule has 0 aliphatic heterocycles. The summed E-state index contributed by atoms with van der Waals surface area (Å²) >= 11 is 0. The quantitative estimate of drug-likeness (QED) is 0.884. The van der Waals surface area contributed by atoms with Gasteiger partial charge in [0.25, 0.3) is 5.91 Å². The van der Waals surface area contributed by atoms with Crippen molar-refractivity contribution in [3.63, 3.8) is 0 Å². The molecule has 6 heteroatoms. The van der Waals surface area contributed by atoms with Crippen molar-refractivity contribution in [3.8, 4) is 0 Å². The number of aliphatic hydroxyl groups is 1. The summed E-state index contributed by atoms with van der Waals surface area (Å²) in [5.41, 5.74) is -0.632. The largest absolute Gasteiger partial charge is 0.416 e. The van der Waals surface area contributed by atoms with Crippen LogP contribution >= 0.6 is 0 Å². The zero-order chi connectivity index (χ0) is 13.1. The average molecular weight is 247 g/mol. The molecule has 1 rings (SSSR count). The topological polar surface area (TPSA) is 40.5 Å². The average Bonchev–Trinajstić information content (AvgIpc) is 2.27. The molecular weight excluding hydrogens is 235 g/mol. The molecule has 0 aliphatic carbocycles. The lowest BCUT2D eigenvalue weighted by molar-refractivity contribution is -0.137. The minimum Gasteiger partial charge on any atom is -0.395 e. The third-order valence-electron chi connectivity index (χ3n) is 2.24. The number of aliphatic hydroxyl groups excluding tert-OH is 1. The first kappa shape index (κ1) is 13.5. The molecular formula is C11H12F3NO2. The van der Waals surface area contributed by atoms with E-state index in [2.05, 4.69) is 0 Å². The van der Waals surface area contributed by atoms with Gasteiger partial charge in [0.2, 0.25) is 0 Å². The fourth-order valence-electron chi connectivity index (χ4n) is 1.27. The molecule has 0 aromatic heterocycles. The Morgan fingerprint density at radius 2 is 1.82 bits per heavy atom. The normalized spacial score (nSPS) is 11.4. The van der Waals surface area contributed by atoms with E-state index >= 15 is 0 Å². The lowest BCUT2D eigenvalue weighted by Gasteiger charge is -2.16. The van der Waals surface area contributed by atoms with Gasteiger partial charge in [0.15, 0.2) is 0 Å². The second kappa shape index (κ2) is 5.18. The van der Waals surface area contributed by atoms with Crippen molar-refractivity contribution >= 4 is 5.91 Å². The minimum atomic E-state index is -4.40. The molecule has 0 saturated heterocycles. The molecule has 0 fully saturated rings. The molecule has 0 spiro atoms. The van der Waals surface area contributed by atoms with Crippen LogP contribution in [0.15, 0.2) is 24.3 Å². The van der Waals surface area contributed by atoms with Crippen molar-refractivity contribution in [2.45, 2.75) is 6.18 Å². The molecule has 1 N–H and O–H groups in total. The maximum atomic E-state index is 12.3. The van der Waals surface area contributed by atoms with Crippen molar-refractivity contribution < 1.29 is 23.1 Å². The van der Waals surface area contributed by atoms with E-state index in [0.717, 1.165) is 24.3 Å². The number of hydrogen-bond acceptors (Lipinski definition) is 2. The predicted octanol–water partition coefficient (Wildman–Crippen LogP) is 1.77. The van der Waals surface area contributed by atoms with Gasteiger partial charge >= 0.3 is 6.18 Å². The van der Waals surface area contributed by atoms with Crippen LogP contribution in [0.25, 0.3) is 0 Å². The van der Waals surface area contributed by atoms with Gasteiger partial charge in [0.1, 0.15) is 0 Å². The second-order valence-electron chi connectivity index (χ2n) is 3.53. The van der Waals surface area contributed by atoms with Crippen molar-refractivity contribution in [1.29, 1.82) is 0 Å². The molecule has 1 amide bonds. The summed E-state index contributed by atoms with van der Waals surface area (Å²) in [6.45, 7) is -0.0528. The third-order valence-corrected chi connectivity index (χ3v) is 2.24. The van der Waals surface area contributed by atoms with E-state index < -0.39 is 17.6 Å². The molecule has 0 saturated carbocycles. The number of amides is 1. The van der Waals surface area contributed by atoms with Crippen molar-refractivity contribution in [3.05, 3.63) is 35.4 Å². The molecule has 1 aromatic rings. The Kier molecular flexibility index (Phi) is 4.11. The van der Waals surface area contributed by atoms with Gasteiger partial charge in [-0.15, -0.1) is 0 Å². The molecule has 0 heterocycles. The monoisotopic (exact) mass is 247 g/mol. The fourth-order valence-corrected chi connectivity index (χ4v) is 1.27. The Hall–Kier alpha value is -1.56. The summed E-state index contributed by atoms with van der Waals surface area (Å²) in [5, 5.41) is 8.64. The number of likely N-dealkylation sites (N-methyl/N-ethyl adjacent to an activating group) is 1. The van der Waals surface area contributed by atoms with E-state index in [1.54, 1.807) is 0 Å². The maximum Gasteiger partial charge on any atom is 0.416 e. The summed E-state index contributed by atoms with van der Waals surface area (Å²) in [6.07, 6.45) is -4.40. The van der Waals surface area contributed by atoms with E-state index in [0.29, 0.717) is 0 Å². The van der Waals surface area contributed by atoms with Crippen LogP contribution in [-0.2, 0) is 6.18 Å². The molecule has 3 nitrogen and oxygen atoms in total. The van der Waals surface area contributed by atoms with Crippen LogP contribution in [-0.4, -0.2) is 36.1 Å². The van der Waals surface area contributed by atoms with Gasteiger partial charge in [0, 0.05) is 19.2 Å². The Morgan fingerprint density at radius 3 is 2.24 bits per heavy atom. The third kappa shape index (κ3) is 3.45. The zero-order valence-electron chi connectivity index (χ0n) is 9.16. The van der Waals surface area contributed by atoms with E-state index in [9.17, 15) is 18.0 Å². The number of nitrogens with zero attached hydrogens (tertiary/aromatic N) is 1. The van der Waals surface area contributed by atoms with Gasteiger partial charge in [0.05, 0.1) is 12.2 Å². The van der Waals surface area contributed by atoms with Gasteiger partial charge in [-0.2, -0.15) is 13.2 Å². The number of carbonyl (C=O) groups excluding carboxylic acids is 1. The maximum absolute atomic E-state index is 12.3. The van der Waals surface area contributed by atoms with Crippen LogP contribution in [0.4, 0.5) is 13.2 Å². The first-order valence-electron chi connectivity index (χ1n) is 4.90. The molecule has 17 heavy (non-hydrogen) atoms. The summed E-state index contributed by atoms with van der Waals surface area (Å²) in [5.74, 6) is -0.423. The number of carbonyl (C=O) groups is 1. The SMILES string of the molecule is CN(CCO)C(=O)c1ccc(C(F)(F)F)cc1. The van der Waals surface area contributed by atoms with Gasteiger partial charge in [-0.05, 0) is 24.3 Å². The van der Waals surface area contributed by atoms with Gasteiger partial charge < -0.3 is 10.0 Å². The standard InChI is InChI=1S/C11H12F3NO2/c1-15(6-7-16)10(17)8-2-4-9(5-3-8)11(12,13)14/h2-5,16H,6-7H2,1H3. The van der Waals surface area contributed by atoms with Crippen LogP contribution < -0.4 is 0 Å². The molecule has 0 bridgehead atoms. The van der Waals surface area contributed by atoms with Crippen molar-refractivity contribution in [2.24, 2.45) is 0 Å². The van der Waals surface area contributed by atoms with Crippen molar-refractivity contribution in [2.75, 3.05) is 20.2 Å². The molecule has 94 valence electrons. The summed E-state index contributed by atoms with van der Waals surface area (Å²) in [7, 11) is 1.47. The molecule has 0 atom stereocenters. The zero-order valence-corrected chi connectivity index (χ0v) is 9.16. The van der Waals surface area contributed by atoms with Crippen LogP contribution in [0.3, 0.4) is 0 Å². The summed E-state index contributed by atoms with van der Waals surface area (Å²) in [6, 6.07) is 3.97. The second-order valence-corrected chi connectivity index (χ2v) is 3.53.